The molecule has 0 nitrogen and oxygen atoms in total. The van der Waals surface area contributed by atoms with Gasteiger partial charge in [-0.2, -0.15) is 0 Å². The minimum atomic E-state index is 0.00281. The van der Waals surface area contributed by atoms with Crippen LogP contribution in [0.2, 0.25) is 0 Å². The fraction of sp³-hybridized carbons (Fsp3) is 0.733. The summed E-state index contributed by atoms with van der Waals surface area (Å²) in [4.78, 5) is 0. The Labute approximate surface area is 192 Å². The second-order valence-electron chi connectivity index (χ2n) is 10.6. The molecule has 1 aromatic carbocycles. The van der Waals surface area contributed by atoms with Gasteiger partial charge in [-0.05, 0) is 86.3 Å². The molecule has 0 aromatic heterocycles. The van der Waals surface area contributed by atoms with E-state index in [2.05, 4.69) is 26.0 Å². The molecule has 31 heavy (non-hydrogen) atoms. The Morgan fingerprint density at radius 3 is 2.13 bits per heavy atom. The molecule has 1 unspecified atom stereocenters. The molecular weight excluding hydrogens is 379 g/mol. The zero-order chi connectivity index (χ0) is 21.9. The van der Waals surface area contributed by atoms with Crippen molar-refractivity contribution in [2.45, 2.75) is 123 Å². The van der Waals surface area contributed by atoms with Crippen LogP contribution in [0.3, 0.4) is 0 Å². The largest absolute Gasteiger partial charge is 0.207 e. The first kappa shape index (κ1) is 24.5. The molecule has 2 aliphatic carbocycles. The van der Waals surface area contributed by atoms with E-state index in [0.29, 0.717) is 0 Å². The summed E-state index contributed by atoms with van der Waals surface area (Å²) in [6.45, 7) is 4.48. The topological polar surface area (TPSA) is 0 Å². The highest BCUT2D eigenvalue weighted by molar-refractivity contribution is 5.25. The third-order valence-corrected chi connectivity index (χ3v) is 8.18. The maximum Gasteiger partial charge on any atom is 0.126 e. The van der Waals surface area contributed by atoms with Crippen LogP contribution in [0.15, 0.2) is 29.8 Å². The number of hydrogen-bond acceptors (Lipinski definition) is 0. The highest BCUT2D eigenvalue weighted by atomic mass is 19.1. The van der Waals surface area contributed by atoms with Gasteiger partial charge in [-0.1, -0.05) is 95.4 Å². The van der Waals surface area contributed by atoms with Crippen molar-refractivity contribution in [1.82, 2.24) is 0 Å². The monoisotopic (exact) mass is 426 g/mol. The first-order valence-corrected chi connectivity index (χ1v) is 13.6. The molecule has 0 bridgehead atoms. The summed E-state index contributed by atoms with van der Waals surface area (Å²) in [6.07, 6.45) is 24.8. The molecule has 1 saturated carbocycles. The van der Waals surface area contributed by atoms with Crippen molar-refractivity contribution in [3.63, 3.8) is 0 Å². The lowest BCUT2D eigenvalue weighted by Gasteiger charge is -2.30. The average molecular weight is 427 g/mol. The number of unbranched alkanes of at least 4 members (excludes halogenated alkanes) is 2. The molecule has 0 N–H and O–H groups in total. The van der Waals surface area contributed by atoms with Crippen LogP contribution in [0.1, 0.15) is 121 Å². The fourth-order valence-electron chi connectivity index (χ4n) is 5.83. The Morgan fingerprint density at radius 2 is 1.48 bits per heavy atom. The van der Waals surface area contributed by atoms with Gasteiger partial charge in [-0.25, -0.2) is 4.39 Å². The molecule has 0 saturated heterocycles. The summed E-state index contributed by atoms with van der Waals surface area (Å²) < 4.78 is 14.3. The number of rotatable bonds is 12. The van der Waals surface area contributed by atoms with Crippen LogP contribution in [0.4, 0.5) is 4.39 Å². The average Bonchev–Trinajstić information content (AvgIpc) is 2.81. The van der Waals surface area contributed by atoms with Crippen LogP contribution in [-0.2, 0) is 12.8 Å². The van der Waals surface area contributed by atoms with Gasteiger partial charge in [0.2, 0.25) is 0 Å². The van der Waals surface area contributed by atoms with E-state index in [1.54, 1.807) is 11.6 Å². The summed E-state index contributed by atoms with van der Waals surface area (Å²) in [5.41, 5.74) is 3.67. The lowest BCUT2D eigenvalue weighted by atomic mass is 9.76. The van der Waals surface area contributed by atoms with E-state index in [4.69, 9.17) is 0 Å². The third-order valence-electron chi connectivity index (χ3n) is 8.18. The second kappa shape index (κ2) is 13.4. The van der Waals surface area contributed by atoms with E-state index >= 15 is 0 Å². The summed E-state index contributed by atoms with van der Waals surface area (Å²) >= 11 is 0. The normalized spacial score (nSPS) is 24.2. The van der Waals surface area contributed by atoms with Crippen molar-refractivity contribution in [3.8, 4) is 0 Å². The van der Waals surface area contributed by atoms with Gasteiger partial charge in [0, 0.05) is 0 Å². The third kappa shape index (κ3) is 8.39. The van der Waals surface area contributed by atoms with Crippen molar-refractivity contribution in [2.75, 3.05) is 0 Å². The molecule has 1 fully saturated rings. The zero-order valence-corrected chi connectivity index (χ0v) is 20.4. The Bertz CT molecular complexity index is 665. The number of halogens is 1. The summed E-state index contributed by atoms with van der Waals surface area (Å²) in [6, 6.07) is 5.95. The van der Waals surface area contributed by atoms with E-state index in [0.717, 1.165) is 61.0 Å². The van der Waals surface area contributed by atoms with Crippen molar-refractivity contribution in [2.24, 2.45) is 17.8 Å². The minimum absolute atomic E-state index is 0.00281. The molecule has 0 spiro atoms. The Morgan fingerprint density at radius 1 is 0.774 bits per heavy atom. The highest BCUT2D eigenvalue weighted by Gasteiger charge is 2.22. The molecule has 0 radical (unpaired) electrons. The van der Waals surface area contributed by atoms with Crippen LogP contribution in [-0.4, -0.2) is 0 Å². The maximum absolute atomic E-state index is 14.3. The van der Waals surface area contributed by atoms with E-state index in [1.165, 1.54) is 77.0 Å². The smallest absolute Gasteiger partial charge is 0.126 e. The maximum atomic E-state index is 14.3. The number of aryl methyl sites for hydroxylation is 2. The van der Waals surface area contributed by atoms with E-state index in [-0.39, 0.29) is 5.82 Å². The fourth-order valence-corrected chi connectivity index (χ4v) is 5.83. The van der Waals surface area contributed by atoms with Gasteiger partial charge in [0.25, 0.3) is 0 Å². The van der Waals surface area contributed by atoms with Gasteiger partial charge < -0.3 is 0 Å². The van der Waals surface area contributed by atoms with Gasteiger partial charge in [0.1, 0.15) is 5.82 Å². The summed E-state index contributed by atoms with van der Waals surface area (Å²) in [5, 5.41) is 0. The van der Waals surface area contributed by atoms with Gasteiger partial charge in [0.05, 0.1) is 0 Å². The van der Waals surface area contributed by atoms with Gasteiger partial charge in [-0.3, -0.25) is 0 Å². The Balaban J connectivity index is 1.33. The molecule has 174 valence electrons. The minimum Gasteiger partial charge on any atom is -0.207 e. The molecule has 3 rings (SSSR count). The summed E-state index contributed by atoms with van der Waals surface area (Å²) in [5.74, 6) is 2.97. The number of allylic oxidation sites excluding steroid dienone is 2. The molecule has 1 atom stereocenters. The second-order valence-corrected chi connectivity index (χ2v) is 10.6. The lowest BCUT2D eigenvalue weighted by Crippen LogP contribution is -2.16. The highest BCUT2D eigenvalue weighted by Crippen LogP contribution is 2.37. The SMILES string of the molecule is CCCCc1ccc(CCC2=CCC(CCC3CCC(CCCC)CC3)CC2)cc1F. The summed E-state index contributed by atoms with van der Waals surface area (Å²) in [7, 11) is 0. The van der Waals surface area contributed by atoms with Crippen molar-refractivity contribution in [1.29, 1.82) is 0 Å². The number of benzene rings is 1. The molecule has 0 heterocycles. The van der Waals surface area contributed by atoms with Crippen molar-refractivity contribution >= 4 is 0 Å². The quantitative estimate of drug-likeness (QED) is 0.292. The standard InChI is InChI=1S/C30H47F/c1-3-5-7-24-9-11-25(12-10-24)13-14-26-15-17-27(18-16-26)19-20-28-21-22-29(8-6-4-2)30(31)23-28/h17,21-26H,3-16,18-20H2,1-2H3. The molecular formula is C30H47F. The van der Waals surface area contributed by atoms with E-state index < -0.39 is 0 Å². The van der Waals surface area contributed by atoms with Crippen LogP contribution < -0.4 is 0 Å². The Kier molecular flexibility index (Phi) is 10.6. The Hall–Kier alpha value is -1.11. The number of hydrogen-bond donors (Lipinski definition) is 0. The van der Waals surface area contributed by atoms with Crippen LogP contribution in [0, 0.1) is 23.6 Å². The van der Waals surface area contributed by atoms with Gasteiger partial charge in [0.15, 0.2) is 0 Å². The predicted octanol–water partition coefficient (Wildman–Crippen LogP) is 9.60. The molecule has 1 heteroatoms. The van der Waals surface area contributed by atoms with Gasteiger partial charge in [-0.15, -0.1) is 0 Å². The molecule has 0 aliphatic heterocycles. The van der Waals surface area contributed by atoms with Crippen LogP contribution in [0.25, 0.3) is 0 Å². The van der Waals surface area contributed by atoms with E-state index in [1.807, 2.05) is 6.07 Å². The molecule has 1 aromatic rings. The lowest BCUT2D eigenvalue weighted by molar-refractivity contribution is 0.235. The molecule has 0 amide bonds. The van der Waals surface area contributed by atoms with Crippen LogP contribution in [0.5, 0.6) is 0 Å². The molecule has 2 aliphatic rings. The first-order chi connectivity index (χ1) is 15.2. The van der Waals surface area contributed by atoms with Gasteiger partial charge >= 0.3 is 0 Å². The van der Waals surface area contributed by atoms with Crippen LogP contribution >= 0.6 is 0 Å². The van der Waals surface area contributed by atoms with E-state index in [9.17, 15) is 4.39 Å². The first-order valence-electron chi connectivity index (χ1n) is 13.6. The van der Waals surface area contributed by atoms with Crippen molar-refractivity contribution < 1.29 is 4.39 Å². The predicted molar refractivity (Wildman–Crippen MR) is 133 cm³/mol. The zero-order valence-electron chi connectivity index (χ0n) is 20.4. The van der Waals surface area contributed by atoms with Crippen molar-refractivity contribution in [3.05, 3.63) is 46.8 Å².